The second-order valence-corrected chi connectivity index (χ2v) is 5.52. The Balaban J connectivity index is 2.07. The van der Waals surface area contributed by atoms with Crippen molar-refractivity contribution < 1.29 is 0 Å². The Kier molecular flexibility index (Phi) is 4.10. The minimum absolute atomic E-state index is 0.416. The van der Waals surface area contributed by atoms with E-state index in [1.54, 1.807) is 0 Å². The summed E-state index contributed by atoms with van der Waals surface area (Å²) >= 11 is 6.33. The van der Waals surface area contributed by atoms with Gasteiger partial charge in [0.05, 0.1) is 16.4 Å². The average Bonchev–Trinajstić information content (AvgIpc) is 2.59. The largest absolute Gasteiger partial charge is 0.328 e. The standard InChI is InChI=1S/C13H22ClN3/c1-3-17-12(13(14)9(2)16-17)8-10-4-6-11(15)7-5-10/h10-11H,3-8,15H2,1-2H3. The number of hydrogen-bond acceptors (Lipinski definition) is 2. The fraction of sp³-hybridized carbons (Fsp3) is 0.769. The first-order valence-electron chi connectivity index (χ1n) is 6.59. The van der Waals surface area contributed by atoms with Gasteiger partial charge in [-0.15, -0.1) is 0 Å². The van der Waals surface area contributed by atoms with E-state index in [9.17, 15) is 0 Å². The highest BCUT2D eigenvalue weighted by Gasteiger charge is 2.22. The van der Waals surface area contributed by atoms with Gasteiger partial charge in [0.1, 0.15) is 0 Å². The minimum Gasteiger partial charge on any atom is -0.328 e. The quantitative estimate of drug-likeness (QED) is 0.903. The van der Waals surface area contributed by atoms with Gasteiger partial charge in [0.15, 0.2) is 0 Å². The van der Waals surface area contributed by atoms with Crippen LogP contribution in [-0.2, 0) is 13.0 Å². The lowest BCUT2D eigenvalue weighted by Crippen LogP contribution is -2.27. The van der Waals surface area contributed by atoms with Crippen molar-refractivity contribution in [3.63, 3.8) is 0 Å². The third-order valence-electron chi connectivity index (χ3n) is 3.83. The molecule has 1 aromatic rings. The Morgan fingerprint density at radius 1 is 1.35 bits per heavy atom. The van der Waals surface area contributed by atoms with Crippen LogP contribution < -0.4 is 5.73 Å². The van der Waals surface area contributed by atoms with Crippen LogP contribution >= 0.6 is 11.6 Å². The highest BCUT2D eigenvalue weighted by molar-refractivity contribution is 6.31. The van der Waals surface area contributed by atoms with Crippen LogP contribution in [0.3, 0.4) is 0 Å². The molecule has 1 fully saturated rings. The maximum absolute atomic E-state index is 6.33. The summed E-state index contributed by atoms with van der Waals surface area (Å²) in [6.07, 6.45) is 5.82. The third kappa shape index (κ3) is 2.83. The SMILES string of the molecule is CCn1nc(C)c(Cl)c1CC1CCC(N)CC1. The normalized spacial score (nSPS) is 25.2. The predicted octanol–water partition coefficient (Wildman–Crippen LogP) is 2.92. The molecule has 0 bridgehead atoms. The van der Waals surface area contributed by atoms with Crippen LogP contribution in [0.5, 0.6) is 0 Å². The first-order valence-corrected chi connectivity index (χ1v) is 6.97. The van der Waals surface area contributed by atoms with E-state index in [0.29, 0.717) is 6.04 Å². The fourth-order valence-electron chi connectivity index (χ4n) is 2.73. The Morgan fingerprint density at radius 2 is 2.00 bits per heavy atom. The van der Waals surface area contributed by atoms with Crippen LogP contribution in [0.4, 0.5) is 0 Å². The summed E-state index contributed by atoms with van der Waals surface area (Å²) in [6.45, 7) is 4.99. The van der Waals surface area contributed by atoms with Crippen LogP contribution in [0.2, 0.25) is 5.02 Å². The second-order valence-electron chi connectivity index (χ2n) is 5.15. The van der Waals surface area contributed by atoms with Gasteiger partial charge in [-0.2, -0.15) is 5.10 Å². The van der Waals surface area contributed by atoms with Crippen molar-refractivity contribution in [2.24, 2.45) is 11.7 Å². The average molecular weight is 256 g/mol. The molecule has 1 aromatic heterocycles. The number of aromatic nitrogens is 2. The monoisotopic (exact) mass is 255 g/mol. The molecule has 0 spiro atoms. The predicted molar refractivity (Wildman–Crippen MR) is 71.3 cm³/mol. The molecule has 0 atom stereocenters. The molecule has 3 nitrogen and oxygen atoms in total. The Hall–Kier alpha value is -0.540. The Bertz CT molecular complexity index is 378. The van der Waals surface area contributed by atoms with Crippen molar-refractivity contribution in [1.29, 1.82) is 0 Å². The highest BCUT2D eigenvalue weighted by atomic mass is 35.5. The smallest absolute Gasteiger partial charge is 0.0847 e. The van der Waals surface area contributed by atoms with E-state index >= 15 is 0 Å². The first-order chi connectivity index (χ1) is 8.11. The van der Waals surface area contributed by atoms with Crippen LogP contribution in [0.1, 0.15) is 44.0 Å². The molecule has 1 heterocycles. The summed E-state index contributed by atoms with van der Waals surface area (Å²) in [5, 5.41) is 5.33. The lowest BCUT2D eigenvalue weighted by molar-refractivity contribution is 0.319. The molecular weight excluding hydrogens is 234 g/mol. The van der Waals surface area contributed by atoms with Gasteiger partial charge in [-0.05, 0) is 51.9 Å². The van der Waals surface area contributed by atoms with Crippen molar-refractivity contribution in [2.75, 3.05) is 0 Å². The molecule has 17 heavy (non-hydrogen) atoms. The van der Waals surface area contributed by atoms with E-state index < -0.39 is 0 Å². The van der Waals surface area contributed by atoms with Gasteiger partial charge in [-0.1, -0.05) is 11.6 Å². The topological polar surface area (TPSA) is 43.8 Å². The van der Waals surface area contributed by atoms with Gasteiger partial charge in [0.25, 0.3) is 0 Å². The number of nitrogens with zero attached hydrogens (tertiary/aromatic N) is 2. The number of hydrogen-bond donors (Lipinski definition) is 1. The molecule has 0 unspecified atom stereocenters. The van der Waals surface area contributed by atoms with E-state index in [1.165, 1.54) is 18.5 Å². The van der Waals surface area contributed by atoms with Crippen molar-refractivity contribution in [2.45, 2.75) is 58.5 Å². The zero-order valence-electron chi connectivity index (χ0n) is 10.7. The molecule has 1 aliphatic rings. The summed E-state index contributed by atoms with van der Waals surface area (Å²) < 4.78 is 2.05. The number of halogens is 1. The molecule has 0 saturated heterocycles. The van der Waals surface area contributed by atoms with Crippen molar-refractivity contribution >= 4 is 11.6 Å². The third-order valence-corrected chi connectivity index (χ3v) is 4.32. The van der Waals surface area contributed by atoms with E-state index in [-0.39, 0.29) is 0 Å². The van der Waals surface area contributed by atoms with E-state index in [2.05, 4.69) is 12.0 Å². The fourth-order valence-corrected chi connectivity index (χ4v) is 2.94. The summed E-state index contributed by atoms with van der Waals surface area (Å²) in [6, 6.07) is 0.416. The molecule has 4 heteroatoms. The van der Waals surface area contributed by atoms with E-state index in [1.807, 2.05) is 11.6 Å². The van der Waals surface area contributed by atoms with Gasteiger partial charge in [-0.25, -0.2) is 0 Å². The van der Waals surface area contributed by atoms with Gasteiger partial charge in [0.2, 0.25) is 0 Å². The summed E-state index contributed by atoms with van der Waals surface area (Å²) in [5.41, 5.74) is 8.11. The van der Waals surface area contributed by atoms with Crippen molar-refractivity contribution in [3.8, 4) is 0 Å². The van der Waals surface area contributed by atoms with Crippen LogP contribution in [0.25, 0.3) is 0 Å². The summed E-state index contributed by atoms with van der Waals surface area (Å²) in [7, 11) is 0. The van der Waals surface area contributed by atoms with Crippen molar-refractivity contribution in [3.05, 3.63) is 16.4 Å². The van der Waals surface area contributed by atoms with Crippen LogP contribution in [0, 0.1) is 12.8 Å². The molecule has 1 aliphatic carbocycles. The Labute approximate surface area is 108 Å². The molecule has 0 amide bonds. The maximum Gasteiger partial charge on any atom is 0.0847 e. The molecule has 1 saturated carbocycles. The lowest BCUT2D eigenvalue weighted by atomic mass is 9.84. The molecule has 0 aromatic carbocycles. The van der Waals surface area contributed by atoms with Gasteiger partial charge >= 0.3 is 0 Å². The lowest BCUT2D eigenvalue weighted by Gasteiger charge is -2.26. The molecule has 2 N–H and O–H groups in total. The van der Waals surface area contributed by atoms with Crippen LogP contribution in [-0.4, -0.2) is 15.8 Å². The van der Waals surface area contributed by atoms with Gasteiger partial charge in [-0.3, -0.25) is 4.68 Å². The highest BCUT2D eigenvalue weighted by Crippen LogP contribution is 2.30. The Morgan fingerprint density at radius 3 is 2.59 bits per heavy atom. The van der Waals surface area contributed by atoms with E-state index in [0.717, 1.165) is 42.4 Å². The first kappa shape index (κ1) is 12.9. The number of aryl methyl sites for hydroxylation is 2. The molecule has 0 aliphatic heterocycles. The van der Waals surface area contributed by atoms with Crippen molar-refractivity contribution in [1.82, 2.24) is 9.78 Å². The molecule has 96 valence electrons. The summed E-state index contributed by atoms with van der Waals surface area (Å²) in [4.78, 5) is 0. The molecule has 0 radical (unpaired) electrons. The summed E-state index contributed by atoms with van der Waals surface area (Å²) in [5.74, 6) is 0.730. The van der Waals surface area contributed by atoms with Crippen LogP contribution in [0.15, 0.2) is 0 Å². The molecular formula is C13H22ClN3. The van der Waals surface area contributed by atoms with E-state index in [4.69, 9.17) is 17.3 Å². The second kappa shape index (κ2) is 5.40. The number of nitrogens with two attached hydrogens (primary N) is 1. The molecule has 2 rings (SSSR count). The minimum atomic E-state index is 0.416. The zero-order valence-corrected chi connectivity index (χ0v) is 11.5. The maximum atomic E-state index is 6.33. The number of rotatable bonds is 3. The van der Waals surface area contributed by atoms with Gasteiger partial charge in [0, 0.05) is 12.6 Å². The zero-order chi connectivity index (χ0) is 12.4. The van der Waals surface area contributed by atoms with Gasteiger partial charge < -0.3 is 5.73 Å².